The molecule has 1 fully saturated rings. The number of nitrogens with zero attached hydrogens (tertiary/aromatic N) is 1. The van der Waals surface area contributed by atoms with Gasteiger partial charge in [0.2, 0.25) is 11.8 Å². The second kappa shape index (κ2) is 4.97. The minimum atomic E-state index is -1.02. The quantitative estimate of drug-likeness (QED) is 0.774. The van der Waals surface area contributed by atoms with Crippen LogP contribution >= 0.6 is 0 Å². The van der Waals surface area contributed by atoms with Gasteiger partial charge in [0, 0.05) is 11.3 Å². The number of anilines is 1. The summed E-state index contributed by atoms with van der Waals surface area (Å²) >= 11 is 0. The van der Waals surface area contributed by atoms with Crippen LogP contribution in [-0.4, -0.2) is 29.5 Å². The van der Waals surface area contributed by atoms with Crippen LogP contribution in [0.1, 0.15) is 25.5 Å². The third kappa shape index (κ3) is 2.44. The number of rotatable bonds is 2. The highest BCUT2D eigenvalue weighted by Gasteiger charge is 2.32. The number of imide groups is 1. The second-order valence-electron chi connectivity index (χ2n) is 4.56. The van der Waals surface area contributed by atoms with E-state index in [2.05, 4.69) is 5.32 Å². The molecule has 0 bridgehead atoms. The van der Waals surface area contributed by atoms with Crippen molar-refractivity contribution in [2.24, 2.45) is 0 Å². The molecule has 102 valence electrons. The van der Waals surface area contributed by atoms with Crippen molar-refractivity contribution in [2.75, 3.05) is 11.4 Å². The van der Waals surface area contributed by atoms with Gasteiger partial charge in [0.1, 0.15) is 11.9 Å². The molecule has 2 atom stereocenters. The first-order valence-corrected chi connectivity index (χ1v) is 5.98. The first kappa shape index (κ1) is 13.5. The van der Waals surface area contributed by atoms with Gasteiger partial charge in [-0.05, 0) is 26.0 Å². The number of carbonyl (C=O) groups excluding carboxylic acids is 2. The van der Waals surface area contributed by atoms with Crippen molar-refractivity contribution in [3.05, 3.63) is 29.6 Å². The molecule has 1 aromatic carbocycles. The van der Waals surface area contributed by atoms with Crippen molar-refractivity contribution in [3.63, 3.8) is 0 Å². The summed E-state index contributed by atoms with van der Waals surface area (Å²) in [6.07, 6.45) is -1.02. The Balaban J connectivity index is 2.49. The summed E-state index contributed by atoms with van der Waals surface area (Å²) in [5.74, 6) is -1.43. The van der Waals surface area contributed by atoms with Gasteiger partial charge in [0.05, 0.1) is 12.6 Å². The molecule has 6 heteroatoms. The van der Waals surface area contributed by atoms with E-state index in [9.17, 15) is 19.1 Å². The molecule has 0 radical (unpaired) electrons. The molecule has 0 saturated carbocycles. The molecular formula is C13H15FN2O3. The number of hydrogen-bond acceptors (Lipinski definition) is 4. The van der Waals surface area contributed by atoms with Crippen molar-refractivity contribution in [2.45, 2.75) is 26.0 Å². The number of aliphatic hydroxyl groups is 1. The molecule has 2 N–H and O–H groups in total. The van der Waals surface area contributed by atoms with Crippen molar-refractivity contribution in [1.29, 1.82) is 0 Å². The minimum absolute atomic E-state index is 0.0456. The van der Waals surface area contributed by atoms with Gasteiger partial charge in [-0.2, -0.15) is 0 Å². The van der Waals surface area contributed by atoms with Gasteiger partial charge in [-0.1, -0.05) is 6.07 Å². The first-order valence-electron chi connectivity index (χ1n) is 5.98. The van der Waals surface area contributed by atoms with E-state index < -0.39 is 29.8 Å². The molecule has 19 heavy (non-hydrogen) atoms. The van der Waals surface area contributed by atoms with E-state index in [1.54, 1.807) is 13.0 Å². The van der Waals surface area contributed by atoms with Crippen LogP contribution in [0.2, 0.25) is 0 Å². The van der Waals surface area contributed by atoms with E-state index >= 15 is 0 Å². The Morgan fingerprint density at radius 2 is 2.16 bits per heavy atom. The van der Waals surface area contributed by atoms with Gasteiger partial charge in [-0.15, -0.1) is 0 Å². The fourth-order valence-corrected chi connectivity index (χ4v) is 2.20. The molecule has 1 heterocycles. The highest BCUT2D eigenvalue weighted by atomic mass is 19.1. The van der Waals surface area contributed by atoms with Crippen molar-refractivity contribution in [3.8, 4) is 0 Å². The average molecular weight is 266 g/mol. The largest absolute Gasteiger partial charge is 0.389 e. The number of halogens is 1. The number of amides is 2. The summed E-state index contributed by atoms with van der Waals surface area (Å²) in [6, 6.07) is 3.72. The number of aliphatic hydroxyl groups excluding tert-OH is 1. The van der Waals surface area contributed by atoms with Crippen LogP contribution in [0.4, 0.5) is 10.1 Å². The molecule has 2 amide bonds. The number of benzene rings is 1. The second-order valence-corrected chi connectivity index (χ2v) is 4.56. The number of hydrogen-bond donors (Lipinski definition) is 2. The molecule has 1 saturated heterocycles. The third-order valence-electron chi connectivity index (χ3n) is 3.18. The van der Waals surface area contributed by atoms with Crippen LogP contribution in [0.3, 0.4) is 0 Å². The summed E-state index contributed by atoms with van der Waals surface area (Å²) in [4.78, 5) is 24.6. The maximum Gasteiger partial charge on any atom is 0.249 e. The molecule has 1 aromatic rings. The topological polar surface area (TPSA) is 69.6 Å². The van der Waals surface area contributed by atoms with E-state index in [0.29, 0.717) is 5.69 Å². The van der Waals surface area contributed by atoms with Crippen molar-refractivity contribution >= 4 is 17.5 Å². The lowest BCUT2D eigenvalue weighted by molar-refractivity contribution is -0.132. The molecule has 5 nitrogen and oxygen atoms in total. The monoisotopic (exact) mass is 266 g/mol. The van der Waals surface area contributed by atoms with Gasteiger partial charge in [0.15, 0.2) is 0 Å². The molecular weight excluding hydrogens is 251 g/mol. The molecule has 2 rings (SSSR count). The molecule has 1 aliphatic heterocycles. The van der Waals surface area contributed by atoms with Gasteiger partial charge in [-0.25, -0.2) is 4.39 Å². The molecule has 0 aromatic heterocycles. The average Bonchev–Trinajstić information content (AvgIpc) is 2.33. The minimum Gasteiger partial charge on any atom is -0.389 e. The van der Waals surface area contributed by atoms with E-state index in [-0.39, 0.29) is 12.1 Å². The van der Waals surface area contributed by atoms with E-state index in [1.807, 2.05) is 0 Å². The Morgan fingerprint density at radius 1 is 1.47 bits per heavy atom. The van der Waals surface area contributed by atoms with Crippen LogP contribution in [-0.2, 0) is 9.59 Å². The zero-order chi connectivity index (χ0) is 14.2. The Kier molecular flexibility index (Phi) is 3.53. The third-order valence-corrected chi connectivity index (χ3v) is 3.18. The fraction of sp³-hybridized carbons (Fsp3) is 0.385. The summed E-state index contributed by atoms with van der Waals surface area (Å²) in [5.41, 5.74) is 0.461. The zero-order valence-electron chi connectivity index (χ0n) is 10.7. The predicted octanol–water partition coefficient (Wildman–Crippen LogP) is 0.730. The normalized spacial score (nSPS) is 21.3. The number of piperazine rings is 1. The molecule has 0 spiro atoms. The smallest absolute Gasteiger partial charge is 0.249 e. The van der Waals surface area contributed by atoms with Crippen LogP contribution < -0.4 is 10.2 Å². The van der Waals surface area contributed by atoms with Crippen LogP contribution in [0.15, 0.2) is 18.2 Å². The number of carbonyl (C=O) groups is 2. The van der Waals surface area contributed by atoms with E-state index in [0.717, 1.165) is 0 Å². The Labute approximate surface area is 110 Å². The standard InChI is InChI=1S/C13H15FN2O3/c1-7-13(19)15-11(18)6-16(7)10-5-3-4-9(14)12(10)8(2)17/h3-5,7-8,17H,6H2,1-2H3,(H,15,18,19)/t7?,8-/m0/s1. The van der Waals surface area contributed by atoms with Crippen LogP contribution in [0, 0.1) is 5.82 Å². The lowest BCUT2D eigenvalue weighted by atomic mass is 10.0. The lowest BCUT2D eigenvalue weighted by Crippen LogP contribution is -2.57. The summed E-state index contributed by atoms with van der Waals surface area (Å²) < 4.78 is 13.8. The Bertz CT molecular complexity index is 531. The van der Waals surface area contributed by atoms with E-state index in [4.69, 9.17) is 0 Å². The SMILES string of the molecule is CC1C(=O)NC(=O)CN1c1cccc(F)c1[C@H](C)O. The van der Waals surface area contributed by atoms with Gasteiger partial charge in [0.25, 0.3) is 0 Å². The van der Waals surface area contributed by atoms with Crippen molar-refractivity contribution in [1.82, 2.24) is 5.32 Å². The predicted molar refractivity (Wildman–Crippen MR) is 67.0 cm³/mol. The van der Waals surface area contributed by atoms with Gasteiger partial charge < -0.3 is 10.0 Å². The van der Waals surface area contributed by atoms with Gasteiger partial charge >= 0.3 is 0 Å². The number of nitrogens with one attached hydrogen (secondary N) is 1. The maximum absolute atomic E-state index is 13.8. The highest BCUT2D eigenvalue weighted by molar-refractivity contribution is 6.04. The van der Waals surface area contributed by atoms with Crippen LogP contribution in [0.5, 0.6) is 0 Å². The molecule has 0 aliphatic carbocycles. The van der Waals surface area contributed by atoms with E-state index in [1.165, 1.54) is 24.0 Å². The summed E-state index contributed by atoms with van der Waals surface area (Å²) in [6.45, 7) is 3.02. The lowest BCUT2D eigenvalue weighted by Gasteiger charge is -2.35. The summed E-state index contributed by atoms with van der Waals surface area (Å²) in [7, 11) is 0. The Morgan fingerprint density at radius 3 is 2.79 bits per heavy atom. The Hall–Kier alpha value is -1.95. The van der Waals surface area contributed by atoms with Crippen LogP contribution in [0.25, 0.3) is 0 Å². The zero-order valence-corrected chi connectivity index (χ0v) is 10.7. The maximum atomic E-state index is 13.8. The summed E-state index contributed by atoms with van der Waals surface area (Å²) in [5, 5.41) is 11.9. The molecule has 1 unspecified atom stereocenters. The first-order chi connectivity index (χ1) is 8.91. The van der Waals surface area contributed by atoms with Crippen molar-refractivity contribution < 1.29 is 19.1 Å². The highest BCUT2D eigenvalue weighted by Crippen LogP contribution is 2.30. The fourth-order valence-electron chi connectivity index (χ4n) is 2.20. The van der Waals surface area contributed by atoms with Gasteiger partial charge in [-0.3, -0.25) is 14.9 Å². The molecule has 1 aliphatic rings.